The van der Waals surface area contributed by atoms with Crippen LogP contribution < -0.4 is 5.32 Å². The molecule has 1 aliphatic heterocycles. The van der Waals surface area contributed by atoms with Gasteiger partial charge in [0, 0.05) is 24.7 Å². The Hall–Kier alpha value is -1.22. The van der Waals surface area contributed by atoms with E-state index in [9.17, 15) is 4.79 Å². The number of nitrogens with zero attached hydrogens (tertiary/aromatic N) is 1. The maximum atomic E-state index is 11.3. The topological polar surface area (TPSA) is 32.3 Å². The van der Waals surface area contributed by atoms with Crippen molar-refractivity contribution in [2.24, 2.45) is 0 Å². The van der Waals surface area contributed by atoms with Crippen molar-refractivity contribution in [1.29, 1.82) is 0 Å². The molecule has 1 aromatic rings. The third-order valence-electron chi connectivity index (χ3n) is 2.26. The van der Waals surface area contributed by atoms with E-state index < -0.39 is 0 Å². The fraction of sp³-hybridized carbons (Fsp3) is 0.300. The Bertz CT molecular complexity index is 354. The highest BCUT2D eigenvalue weighted by Gasteiger charge is 2.19. The number of carbonyl (C=O) groups is 1. The maximum Gasteiger partial charge on any atom is 0.317 e. The first kappa shape index (κ1) is 9.34. The molecule has 1 saturated heterocycles. The first-order valence-corrected chi connectivity index (χ1v) is 4.91. The van der Waals surface area contributed by atoms with Crippen molar-refractivity contribution in [3.05, 3.63) is 34.9 Å². The molecule has 1 heterocycles. The van der Waals surface area contributed by atoms with E-state index in [4.69, 9.17) is 11.6 Å². The van der Waals surface area contributed by atoms with Crippen LogP contribution in [0, 0.1) is 0 Å². The molecule has 74 valence electrons. The second-order valence-corrected chi connectivity index (χ2v) is 3.65. The van der Waals surface area contributed by atoms with Crippen molar-refractivity contribution < 1.29 is 4.79 Å². The van der Waals surface area contributed by atoms with Crippen molar-refractivity contribution in [2.45, 2.75) is 6.54 Å². The smallest absolute Gasteiger partial charge is 0.317 e. The molecule has 4 heteroatoms. The van der Waals surface area contributed by atoms with Crippen LogP contribution in [-0.2, 0) is 6.54 Å². The fourth-order valence-corrected chi connectivity index (χ4v) is 1.69. The van der Waals surface area contributed by atoms with Gasteiger partial charge in [-0.15, -0.1) is 0 Å². The zero-order valence-corrected chi connectivity index (χ0v) is 8.42. The molecule has 2 rings (SSSR count). The molecule has 0 aromatic heterocycles. The molecular weight excluding hydrogens is 200 g/mol. The first-order chi connectivity index (χ1) is 6.77. The number of nitrogens with one attached hydrogen (secondary N) is 1. The summed E-state index contributed by atoms with van der Waals surface area (Å²) >= 11 is 5.99. The van der Waals surface area contributed by atoms with Gasteiger partial charge in [0.25, 0.3) is 0 Å². The lowest BCUT2D eigenvalue weighted by Crippen LogP contribution is -2.27. The van der Waals surface area contributed by atoms with Gasteiger partial charge >= 0.3 is 6.03 Å². The molecule has 2 amide bonds. The van der Waals surface area contributed by atoms with Gasteiger partial charge in [-0.05, 0) is 11.6 Å². The van der Waals surface area contributed by atoms with Gasteiger partial charge in [-0.2, -0.15) is 0 Å². The number of amides is 2. The average Bonchev–Trinajstić information content (AvgIpc) is 2.56. The van der Waals surface area contributed by atoms with Gasteiger partial charge in [-0.1, -0.05) is 29.8 Å². The minimum atomic E-state index is -0.00933. The van der Waals surface area contributed by atoms with Crippen LogP contribution in [0.5, 0.6) is 0 Å². The molecular formula is C10H11ClN2O. The molecule has 1 N–H and O–H groups in total. The molecule has 0 aliphatic carbocycles. The van der Waals surface area contributed by atoms with E-state index in [1.165, 1.54) is 0 Å². The van der Waals surface area contributed by atoms with Crippen LogP contribution in [0.15, 0.2) is 24.3 Å². The molecule has 1 fully saturated rings. The molecule has 0 atom stereocenters. The van der Waals surface area contributed by atoms with Crippen LogP contribution in [0.4, 0.5) is 4.79 Å². The second-order valence-electron chi connectivity index (χ2n) is 3.24. The van der Waals surface area contributed by atoms with Crippen LogP contribution in [0.2, 0.25) is 5.02 Å². The Morgan fingerprint density at radius 2 is 2.21 bits per heavy atom. The third kappa shape index (κ3) is 1.82. The summed E-state index contributed by atoms with van der Waals surface area (Å²) in [6.45, 7) is 2.07. The zero-order chi connectivity index (χ0) is 9.97. The predicted molar refractivity (Wildman–Crippen MR) is 55.3 cm³/mol. The van der Waals surface area contributed by atoms with Crippen LogP contribution in [0.25, 0.3) is 0 Å². The Morgan fingerprint density at radius 1 is 1.43 bits per heavy atom. The van der Waals surface area contributed by atoms with Gasteiger partial charge in [-0.25, -0.2) is 4.79 Å². The lowest BCUT2D eigenvalue weighted by molar-refractivity contribution is 0.215. The van der Waals surface area contributed by atoms with Crippen molar-refractivity contribution >= 4 is 17.6 Å². The Labute approximate surface area is 87.7 Å². The van der Waals surface area contributed by atoms with Gasteiger partial charge in [0.15, 0.2) is 0 Å². The lowest BCUT2D eigenvalue weighted by atomic mass is 10.2. The molecule has 0 bridgehead atoms. The van der Waals surface area contributed by atoms with E-state index in [-0.39, 0.29) is 6.03 Å². The van der Waals surface area contributed by atoms with Crippen LogP contribution in [0.1, 0.15) is 5.56 Å². The summed E-state index contributed by atoms with van der Waals surface area (Å²) in [6.07, 6.45) is 0. The standard InChI is InChI=1S/C10H11ClN2O/c11-9-4-2-1-3-8(9)7-13-6-5-12-10(13)14/h1-4H,5-7H2,(H,12,14). The van der Waals surface area contributed by atoms with E-state index in [1.807, 2.05) is 24.3 Å². The van der Waals surface area contributed by atoms with E-state index >= 15 is 0 Å². The van der Waals surface area contributed by atoms with Gasteiger partial charge in [0.2, 0.25) is 0 Å². The quantitative estimate of drug-likeness (QED) is 0.794. The summed E-state index contributed by atoms with van der Waals surface area (Å²) in [4.78, 5) is 13.0. The molecule has 3 nitrogen and oxygen atoms in total. The highest BCUT2D eigenvalue weighted by molar-refractivity contribution is 6.31. The number of halogens is 1. The van der Waals surface area contributed by atoms with E-state index in [0.29, 0.717) is 11.6 Å². The molecule has 0 spiro atoms. The van der Waals surface area contributed by atoms with Crippen molar-refractivity contribution in [1.82, 2.24) is 10.2 Å². The number of hydrogen-bond acceptors (Lipinski definition) is 1. The SMILES string of the molecule is O=C1NCCN1Cc1ccccc1Cl. The van der Waals surface area contributed by atoms with Gasteiger partial charge in [0.1, 0.15) is 0 Å². The predicted octanol–water partition coefficient (Wildman–Crippen LogP) is 1.87. The number of rotatable bonds is 2. The highest BCUT2D eigenvalue weighted by atomic mass is 35.5. The van der Waals surface area contributed by atoms with E-state index in [1.54, 1.807) is 4.90 Å². The van der Waals surface area contributed by atoms with Crippen molar-refractivity contribution in [3.8, 4) is 0 Å². The summed E-state index contributed by atoms with van der Waals surface area (Å²) in [7, 11) is 0. The van der Waals surface area contributed by atoms with Crippen LogP contribution in [0.3, 0.4) is 0 Å². The number of urea groups is 1. The van der Waals surface area contributed by atoms with Gasteiger partial charge in [-0.3, -0.25) is 0 Å². The largest absolute Gasteiger partial charge is 0.336 e. The molecule has 0 saturated carbocycles. The zero-order valence-electron chi connectivity index (χ0n) is 7.66. The normalized spacial score (nSPS) is 15.8. The van der Waals surface area contributed by atoms with Crippen LogP contribution >= 0.6 is 11.6 Å². The van der Waals surface area contributed by atoms with Gasteiger partial charge in [0.05, 0.1) is 0 Å². The summed E-state index contributed by atoms with van der Waals surface area (Å²) in [6, 6.07) is 7.58. The summed E-state index contributed by atoms with van der Waals surface area (Å²) in [5.74, 6) is 0. The summed E-state index contributed by atoms with van der Waals surface area (Å²) in [5.41, 5.74) is 0.992. The van der Waals surface area contributed by atoms with Gasteiger partial charge < -0.3 is 10.2 Å². The molecule has 0 unspecified atom stereocenters. The van der Waals surface area contributed by atoms with Crippen LogP contribution in [-0.4, -0.2) is 24.0 Å². The summed E-state index contributed by atoms with van der Waals surface area (Å²) < 4.78 is 0. The lowest BCUT2D eigenvalue weighted by Gasteiger charge is -2.14. The van der Waals surface area contributed by atoms with Crippen molar-refractivity contribution in [2.75, 3.05) is 13.1 Å². The fourth-order valence-electron chi connectivity index (χ4n) is 1.49. The first-order valence-electron chi connectivity index (χ1n) is 4.53. The van der Waals surface area contributed by atoms with Crippen molar-refractivity contribution in [3.63, 3.8) is 0 Å². The number of benzene rings is 1. The Balaban J connectivity index is 2.10. The number of hydrogen-bond donors (Lipinski definition) is 1. The molecule has 1 aliphatic rings. The maximum absolute atomic E-state index is 11.3. The molecule has 1 aromatic carbocycles. The minimum absolute atomic E-state index is 0.00933. The second kappa shape index (κ2) is 3.88. The monoisotopic (exact) mass is 210 g/mol. The average molecular weight is 211 g/mol. The molecule has 0 radical (unpaired) electrons. The molecule has 14 heavy (non-hydrogen) atoms. The Morgan fingerprint density at radius 3 is 2.86 bits per heavy atom. The van der Waals surface area contributed by atoms with E-state index in [2.05, 4.69) is 5.32 Å². The number of carbonyl (C=O) groups excluding carboxylic acids is 1. The van der Waals surface area contributed by atoms with E-state index in [0.717, 1.165) is 18.7 Å². The summed E-state index contributed by atoms with van der Waals surface area (Å²) in [5, 5.41) is 3.47. The minimum Gasteiger partial charge on any atom is -0.336 e. The third-order valence-corrected chi connectivity index (χ3v) is 2.63. The Kier molecular flexibility index (Phi) is 2.59. The highest BCUT2D eigenvalue weighted by Crippen LogP contribution is 2.17.